The van der Waals surface area contributed by atoms with E-state index in [1.54, 1.807) is 4.90 Å². The largest absolute Gasteiger partial charge is 0.479 e. The Balaban J connectivity index is 1.87. The van der Waals surface area contributed by atoms with Crippen LogP contribution in [0.15, 0.2) is 30.3 Å². The second-order valence-corrected chi connectivity index (χ2v) is 7.04. The lowest BCUT2D eigenvalue weighted by atomic mass is 9.91. The number of rotatable bonds is 3. The number of nitrogens with zero attached hydrogens (tertiary/aromatic N) is 2. The number of carbonyl (C=O) groups is 2. The third-order valence-corrected chi connectivity index (χ3v) is 5.29. The zero-order valence-corrected chi connectivity index (χ0v) is 15.3. The van der Waals surface area contributed by atoms with Crippen molar-refractivity contribution in [3.8, 4) is 5.69 Å². The molecule has 1 aromatic carbocycles. The second-order valence-electron chi connectivity index (χ2n) is 7.04. The average molecular weight is 356 g/mol. The number of aryl methyl sites for hydroxylation is 2. The van der Waals surface area contributed by atoms with Crippen LogP contribution in [0.2, 0.25) is 0 Å². The number of hydrogen-bond donors (Lipinski definition) is 2. The van der Waals surface area contributed by atoms with Crippen molar-refractivity contribution < 1.29 is 19.8 Å². The number of aliphatic carboxylic acids is 1. The predicted molar refractivity (Wildman–Crippen MR) is 97.7 cm³/mol. The summed E-state index contributed by atoms with van der Waals surface area (Å²) in [5.74, 6) is -1.34. The van der Waals surface area contributed by atoms with Gasteiger partial charge in [-0.05, 0) is 38.5 Å². The molecule has 6 heteroatoms. The molecule has 0 saturated carbocycles. The summed E-state index contributed by atoms with van der Waals surface area (Å²) in [5, 5.41) is 19.2. The molecule has 1 aliphatic heterocycles. The molecule has 2 aromatic rings. The van der Waals surface area contributed by atoms with Gasteiger partial charge in [-0.15, -0.1) is 0 Å². The first-order valence-corrected chi connectivity index (χ1v) is 8.74. The minimum Gasteiger partial charge on any atom is -0.479 e. The topological polar surface area (TPSA) is 82.8 Å². The Hall–Kier alpha value is -2.60. The third kappa shape index (κ3) is 3.01. The van der Waals surface area contributed by atoms with Crippen molar-refractivity contribution >= 4 is 11.9 Å². The zero-order chi connectivity index (χ0) is 19.1. The van der Waals surface area contributed by atoms with E-state index < -0.39 is 11.6 Å². The Morgan fingerprint density at radius 3 is 2.27 bits per heavy atom. The van der Waals surface area contributed by atoms with Crippen LogP contribution in [-0.4, -0.2) is 50.2 Å². The van der Waals surface area contributed by atoms with Crippen LogP contribution in [0.1, 0.15) is 40.2 Å². The van der Waals surface area contributed by atoms with E-state index in [2.05, 4.69) is 4.57 Å². The molecular formula is C20H24N2O4. The van der Waals surface area contributed by atoms with Gasteiger partial charge in [-0.25, -0.2) is 4.79 Å². The summed E-state index contributed by atoms with van der Waals surface area (Å²) in [5.41, 5.74) is 2.89. The van der Waals surface area contributed by atoms with Crippen molar-refractivity contribution in [1.29, 1.82) is 0 Å². The van der Waals surface area contributed by atoms with E-state index in [1.165, 1.54) is 0 Å². The molecule has 1 aromatic heterocycles. The van der Waals surface area contributed by atoms with Crippen LogP contribution >= 0.6 is 0 Å². The molecule has 3 rings (SSSR count). The van der Waals surface area contributed by atoms with E-state index in [0.29, 0.717) is 5.56 Å². The SMILES string of the molecule is Cc1ccccc1-n1c(C)cc(C(=O)N2CCC(O)(C(=O)O)CC2)c1C. The van der Waals surface area contributed by atoms with Crippen molar-refractivity contribution in [2.24, 2.45) is 0 Å². The summed E-state index contributed by atoms with van der Waals surface area (Å²) >= 11 is 0. The fourth-order valence-electron chi connectivity index (χ4n) is 3.63. The number of aliphatic hydroxyl groups is 1. The van der Waals surface area contributed by atoms with Crippen LogP contribution in [0.4, 0.5) is 0 Å². The first-order chi connectivity index (χ1) is 12.2. The normalized spacial score (nSPS) is 16.5. The summed E-state index contributed by atoms with van der Waals surface area (Å²) in [7, 11) is 0. The molecule has 0 aliphatic carbocycles. The fraction of sp³-hybridized carbons (Fsp3) is 0.400. The number of carbonyl (C=O) groups excluding carboxylic acids is 1. The van der Waals surface area contributed by atoms with Crippen LogP contribution in [0.25, 0.3) is 5.69 Å². The van der Waals surface area contributed by atoms with Crippen molar-refractivity contribution in [2.45, 2.75) is 39.2 Å². The van der Waals surface area contributed by atoms with Gasteiger partial charge in [0.15, 0.2) is 5.60 Å². The standard InChI is InChI=1S/C20H24N2O4/c1-13-6-4-5-7-17(13)22-14(2)12-16(15(22)3)18(23)21-10-8-20(26,9-11-21)19(24)25/h4-7,12,26H,8-11H2,1-3H3,(H,24,25). The summed E-state index contributed by atoms with van der Waals surface area (Å²) in [6, 6.07) is 9.89. The number of aromatic nitrogens is 1. The van der Waals surface area contributed by atoms with E-state index in [-0.39, 0.29) is 31.8 Å². The highest BCUT2D eigenvalue weighted by Crippen LogP contribution is 2.27. The lowest BCUT2D eigenvalue weighted by Crippen LogP contribution is -2.50. The van der Waals surface area contributed by atoms with Crippen molar-refractivity contribution in [2.75, 3.05) is 13.1 Å². The van der Waals surface area contributed by atoms with Gasteiger partial charge in [0, 0.05) is 43.0 Å². The van der Waals surface area contributed by atoms with Gasteiger partial charge in [0.05, 0.1) is 5.56 Å². The van der Waals surface area contributed by atoms with Crippen LogP contribution in [0.3, 0.4) is 0 Å². The maximum Gasteiger partial charge on any atom is 0.335 e. The van der Waals surface area contributed by atoms with Gasteiger partial charge in [-0.2, -0.15) is 0 Å². The third-order valence-electron chi connectivity index (χ3n) is 5.29. The minimum atomic E-state index is -1.73. The van der Waals surface area contributed by atoms with E-state index >= 15 is 0 Å². The van der Waals surface area contributed by atoms with Crippen molar-refractivity contribution in [1.82, 2.24) is 9.47 Å². The highest BCUT2D eigenvalue weighted by Gasteiger charge is 2.40. The molecule has 2 N–H and O–H groups in total. The van der Waals surface area contributed by atoms with Crippen molar-refractivity contribution in [3.05, 3.63) is 52.8 Å². The maximum atomic E-state index is 13.0. The first-order valence-electron chi connectivity index (χ1n) is 8.74. The number of carboxylic acid groups (broad SMARTS) is 1. The summed E-state index contributed by atoms with van der Waals surface area (Å²) < 4.78 is 2.07. The fourth-order valence-corrected chi connectivity index (χ4v) is 3.63. The number of piperidine rings is 1. The van der Waals surface area contributed by atoms with Crippen LogP contribution in [-0.2, 0) is 4.79 Å². The van der Waals surface area contributed by atoms with Gasteiger partial charge in [0.25, 0.3) is 5.91 Å². The molecule has 1 saturated heterocycles. The Kier molecular flexibility index (Phi) is 4.63. The Morgan fingerprint density at radius 2 is 1.69 bits per heavy atom. The lowest BCUT2D eigenvalue weighted by molar-refractivity contribution is -0.162. The molecule has 26 heavy (non-hydrogen) atoms. The number of amides is 1. The number of hydrogen-bond acceptors (Lipinski definition) is 3. The molecular weight excluding hydrogens is 332 g/mol. The van der Waals surface area contributed by atoms with Gasteiger partial charge in [-0.1, -0.05) is 18.2 Å². The van der Waals surface area contributed by atoms with Gasteiger partial charge in [0.1, 0.15) is 0 Å². The van der Waals surface area contributed by atoms with Crippen molar-refractivity contribution in [3.63, 3.8) is 0 Å². The number of carboxylic acids is 1. The first kappa shape index (κ1) is 18.2. The Morgan fingerprint density at radius 1 is 1.08 bits per heavy atom. The van der Waals surface area contributed by atoms with Gasteiger partial charge < -0.3 is 19.7 Å². The lowest BCUT2D eigenvalue weighted by Gasteiger charge is -2.35. The quantitative estimate of drug-likeness (QED) is 0.885. The Labute approximate surface area is 152 Å². The molecule has 0 bridgehead atoms. The molecule has 1 aliphatic rings. The molecule has 2 heterocycles. The van der Waals surface area contributed by atoms with Crippen LogP contribution in [0, 0.1) is 20.8 Å². The number of para-hydroxylation sites is 1. The van der Waals surface area contributed by atoms with E-state index in [9.17, 15) is 14.7 Å². The molecule has 0 atom stereocenters. The number of likely N-dealkylation sites (tertiary alicyclic amines) is 1. The van der Waals surface area contributed by atoms with Gasteiger partial charge >= 0.3 is 5.97 Å². The summed E-state index contributed by atoms with van der Waals surface area (Å²) in [4.78, 5) is 25.7. The molecule has 0 unspecified atom stereocenters. The Bertz CT molecular complexity index is 861. The molecule has 1 amide bonds. The average Bonchev–Trinajstić information content (AvgIpc) is 2.90. The van der Waals surface area contributed by atoms with Crippen LogP contribution in [0.5, 0.6) is 0 Å². The zero-order valence-electron chi connectivity index (χ0n) is 15.3. The second kappa shape index (κ2) is 6.61. The summed E-state index contributed by atoms with van der Waals surface area (Å²) in [6.45, 7) is 6.39. The highest BCUT2D eigenvalue weighted by atomic mass is 16.4. The number of benzene rings is 1. The maximum absolute atomic E-state index is 13.0. The van der Waals surface area contributed by atoms with E-state index in [1.807, 2.05) is 51.1 Å². The monoisotopic (exact) mass is 356 g/mol. The molecule has 6 nitrogen and oxygen atoms in total. The van der Waals surface area contributed by atoms with Gasteiger partial charge in [0.2, 0.25) is 0 Å². The van der Waals surface area contributed by atoms with E-state index in [0.717, 1.165) is 22.6 Å². The molecule has 138 valence electrons. The highest BCUT2D eigenvalue weighted by molar-refractivity contribution is 5.96. The molecule has 0 radical (unpaired) electrons. The van der Waals surface area contributed by atoms with Gasteiger partial charge in [-0.3, -0.25) is 4.79 Å². The van der Waals surface area contributed by atoms with E-state index in [4.69, 9.17) is 5.11 Å². The predicted octanol–water partition coefficient (Wildman–Crippen LogP) is 2.45. The smallest absolute Gasteiger partial charge is 0.335 e. The molecule has 1 fully saturated rings. The molecule has 0 spiro atoms. The summed E-state index contributed by atoms with van der Waals surface area (Å²) in [6.07, 6.45) is 0.0925. The minimum absolute atomic E-state index is 0.0462. The van der Waals surface area contributed by atoms with Crippen LogP contribution < -0.4 is 0 Å².